The summed E-state index contributed by atoms with van der Waals surface area (Å²) in [5.41, 5.74) is 3.23. The Balaban J connectivity index is 1.65. The Kier molecular flexibility index (Phi) is 5.76. The van der Waals surface area contributed by atoms with Gasteiger partial charge >= 0.3 is 5.97 Å². The second kappa shape index (κ2) is 8.21. The molecule has 0 aliphatic heterocycles. The molecule has 2 aromatic carbocycles. The summed E-state index contributed by atoms with van der Waals surface area (Å²) in [6.45, 7) is 3.11. The van der Waals surface area contributed by atoms with E-state index < -0.39 is 0 Å². The Hall–Kier alpha value is -2.27. The minimum Gasteiger partial charge on any atom is -0.481 e. The molecule has 0 saturated heterocycles. The molecule has 1 heterocycles. The highest BCUT2D eigenvalue weighted by Gasteiger charge is 2.11. The van der Waals surface area contributed by atoms with E-state index in [4.69, 9.17) is 9.47 Å². The highest BCUT2D eigenvalue weighted by Crippen LogP contribution is 2.29. The average Bonchev–Trinajstić information content (AvgIpc) is 2.96. The van der Waals surface area contributed by atoms with E-state index in [1.807, 2.05) is 42.5 Å². The van der Waals surface area contributed by atoms with Gasteiger partial charge in [-0.3, -0.25) is 0 Å². The number of ether oxygens (including phenoxy) is 2. The van der Waals surface area contributed by atoms with Gasteiger partial charge in [0.15, 0.2) is 6.61 Å². The van der Waals surface area contributed by atoms with Crippen LogP contribution in [0.15, 0.2) is 54.6 Å². The maximum absolute atomic E-state index is 11.9. The fraction of sp³-hybridized carbons (Fsp3) is 0.250. The van der Waals surface area contributed by atoms with Crippen LogP contribution in [0.5, 0.6) is 5.75 Å². The van der Waals surface area contributed by atoms with Gasteiger partial charge in [-0.1, -0.05) is 52.3 Å². The van der Waals surface area contributed by atoms with E-state index in [9.17, 15) is 4.79 Å². The molecular weight excluding hydrogens is 382 g/mol. The van der Waals surface area contributed by atoms with Crippen LogP contribution in [0.3, 0.4) is 0 Å². The van der Waals surface area contributed by atoms with Crippen molar-refractivity contribution in [3.63, 3.8) is 0 Å². The van der Waals surface area contributed by atoms with Gasteiger partial charge in [0.1, 0.15) is 12.4 Å². The molecule has 0 aliphatic carbocycles. The number of alkyl halides is 1. The van der Waals surface area contributed by atoms with Crippen molar-refractivity contribution in [3.8, 4) is 5.75 Å². The largest absolute Gasteiger partial charge is 0.481 e. The number of hydrogen-bond donors (Lipinski definition) is 0. The van der Waals surface area contributed by atoms with Crippen LogP contribution in [0.4, 0.5) is 0 Å². The van der Waals surface area contributed by atoms with Gasteiger partial charge in [0.2, 0.25) is 0 Å². The molecule has 0 N–H and O–H groups in total. The first-order chi connectivity index (χ1) is 12.2. The van der Waals surface area contributed by atoms with E-state index in [1.54, 1.807) is 0 Å². The average molecular weight is 402 g/mol. The van der Waals surface area contributed by atoms with Gasteiger partial charge in [0, 0.05) is 23.0 Å². The molecule has 0 amide bonds. The molecule has 0 fully saturated rings. The van der Waals surface area contributed by atoms with Crippen molar-refractivity contribution in [2.24, 2.45) is 0 Å². The lowest BCUT2D eigenvalue weighted by Crippen LogP contribution is -2.14. The van der Waals surface area contributed by atoms with Crippen LogP contribution in [0.2, 0.25) is 0 Å². The number of nitrogens with zero attached hydrogens (tertiary/aromatic N) is 1. The molecule has 130 valence electrons. The lowest BCUT2D eigenvalue weighted by Gasteiger charge is -2.09. The maximum Gasteiger partial charge on any atom is 0.344 e. The number of esters is 1. The number of aromatic nitrogens is 1. The minimum atomic E-state index is -0.377. The van der Waals surface area contributed by atoms with E-state index in [0.29, 0.717) is 5.75 Å². The molecule has 4 nitrogen and oxygen atoms in total. The van der Waals surface area contributed by atoms with Crippen LogP contribution in [0.25, 0.3) is 10.9 Å². The highest BCUT2D eigenvalue weighted by atomic mass is 79.9. The number of hydrogen-bond acceptors (Lipinski definition) is 3. The third kappa shape index (κ3) is 4.23. The Morgan fingerprint density at radius 1 is 1.12 bits per heavy atom. The van der Waals surface area contributed by atoms with Crippen molar-refractivity contribution < 1.29 is 14.3 Å². The summed E-state index contributed by atoms with van der Waals surface area (Å²) in [6.07, 6.45) is 0. The van der Waals surface area contributed by atoms with Gasteiger partial charge in [0.05, 0.1) is 5.52 Å². The predicted octanol–water partition coefficient (Wildman–Crippen LogP) is 4.47. The SMILES string of the molecule is Cc1cc2c(OCC(=O)OCc3ccccc3)cccc2n1CCBr. The molecule has 0 radical (unpaired) electrons. The van der Waals surface area contributed by atoms with E-state index in [1.165, 1.54) is 0 Å². The summed E-state index contributed by atoms with van der Waals surface area (Å²) in [4.78, 5) is 11.9. The van der Waals surface area contributed by atoms with E-state index >= 15 is 0 Å². The fourth-order valence-corrected chi connectivity index (χ4v) is 3.17. The topological polar surface area (TPSA) is 40.5 Å². The summed E-state index contributed by atoms with van der Waals surface area (Å²) >= 11 is 3.48. The Labute approximate surface area is 155 Å². The number of halogens is 1. The normalized spacial score (nSPS) is 10.8. The van der Waals surface area contributed by atoms with Crippen molar-refractivity contribution in [1.29, 1.82) is 0 Å². The highest BCUT2D eigenvalue weighted by molar-refractivity contribution is 9.09. The Bertz CT molecular complexity index is 858. The Morgan fingerprint density at radius 3 is 2.68 bits per heavy atom. The summed E-state index contributed by atoms with van der Waals surface area (Å²) in [6, 6.07) is 17.6. The van der Waals surface area contributed by atoms with E-state index in [0.717, 1.165) is 34.0 Å². The molecule has 0 saturated carbocycles. The van der Waals surface area contributed by atoms with Gasteiger partial charge in [-0.2, -0.15) is 0 Å². The van der Waals surface area contributed by atoms with Gasteiger partial charge in [-0.05, 0) is 30.7 Å². The number of aryl methyl sites for hydroxylation is 2. The molecule has 5 heteroatoms. The minimum absolute atomic E-state index is 0.103. The maximum atomic E-state index is 11.9. The monoisotopic (exact) mass is 401 g/mol. The van der Waals surface area contributed by atoms with Crippen LogP contribution in [-0.4, -0.2) is 22.5 Å². The quantitative estimate of drug-likeness (QED) is 0.433. The zero-order valence-electron chi connectivity index (χ0n) is 14.1. The first-order valence-corrected chi connectivity index (χ1v) is 9.28. The van der Waals surface area contributed by atoms with Crippen molar-refractivity contribution in [1.82, 2.24) is 4.57 Å². The van der Waals surface area contributed by atoms with Crippen molar-refractivity contribution >= 4 is 32.8 Å². The zero-order valence-corrected chi connectivity index (χ0v) is 15.7. The number of carbonyl (C=O) groups is 1. The number of benzene rings is 2. The van der Waals surface area contributed by atoms with Gasteiger partial charge in [0.25, 0.3) is 0 Å². The summed E-state index contributed by atoms with van der Waals surface area (Å²) < 4.78 is 13.2. The van der Waals surface area contributed by atoms with E-state index in [2.05, 4.69) is 39.6 Å². The van der Waals surface area contributed by atoms with Crippen LogP contribution in [0.1, 0.15) is 11.3 Å². The first kappa shape index (κ1) is 17.5. The molecule has 3 aromatic rings. The van der Waals surface area contributed by atoms with Crippen LogP contribution in [-0.2, 0) is 22.7 Å². The number of carbonyl (C=O) groups excluding carboxylic acids is 1. The molecule has 0 unspecified atom stereocenters. The summed E-state index contributed by atoms with van der Waals surface area (Å²) in [5.74, 6) is 0.322. The number of fused-ring (bicyclic) bond motifs is 1. The molecule has 0 spiro atoms. The molecular formula is C20H20BrNO3. The summed E-state index contributed by atoms with van der Waals surface area (Å²) in [7, 11) is 0. The molecule has 0 aliphatic rings. The second-order valence-corrected chi connectivity index (χ2v) is 6.54. The van der Waals surface area contributed by atoms with Crippen LogP contribution < -0.4 is 4.74 Å². The third-order valence-electron chi connectivity index (χ3n) is 4.01. The third-order valence-corrected chi connectivity index (χ3v) is 4.36. The van der Waals surface area contributed by atoms with Gasteiger partial charge in [-0.25, -0.2) is 4.79 Å². The molecule has 25 heavy (non-hydrogen) atoms. The van der Waals surface area contributed by atoms with Crippen LogP contribution in [0, 0.1) is 6.92 Å². The predicted molar refractivity (Wildman–Crippen MR) is 102 cm³/mol. The molecule has 1 aromatic heterocycles. The van der Waals surface area contributed by atoms with Crippen LogP contribution >= 0.6 is 15.9 Å². The smallest absolute Gasteiger partial charge is 0.344 e. The molecule has 0 bridgehead atoms. The van der Waals surface area contributed by atoms with Crippen molar-refractivity contribution in [3.05, 3.63) is 65.9 Å². The first-order valence-electron chi connectivity index (χ1n) is 8.16. The molecule has 3 rings (SSSR count). The fourth-order valence-electron chi connectivity index (χ4n) is 2.81. The second-order valence-electron chi connectivity index (χ2n) is 5.75. The number of rotatable bonds is 7. The zero-order chi connectivity index (χ0) is 17.6. The van der Waals surface area contributed by atoms with Crippen molar-refractivity contribution in [2.45, 2.75) is 20.1 Å². The lowest BCUT2D eigenvalue weighted by molar-refractivity contribution is -0.147. The summed E-state index contributed by atoms with van der Waals surface area (Å²) in [5, 5.41) is 1.89. The van der Waals surface area contributed by atoms with E-state index in [-0.39, 0.29) is 19.2 Å². The van der Waals surface area contributed by atoms with Crippen molar-refractivity contribution in [2.75, 3.05) is 11.9 Å². The standard InChI is InChI=1S/C20H20BrNO3/c1-15-12-17-18(22(15)11-10-21)8-5-9-19(17)24-14-20(23)25-13-16-6-3-2-4-7-16/h2-9,12H,10-11,13-14H2,1H3. The Morgan fingerprint density at radius 2 is 1.92 bits per heavy atom. The van der Waals surface area contributed by atoms with Gasteiger partial charge in [-0.15, -0.1) is 0 Å². The lowest BCUT2D eigenvalue weighted by atomic mass is 10.2. The van der Waals surface area contributed by atoms with Gasteiger partial charge < -0.3 is 14.0 Å². The molecule has 0 atom stereocenters.